The summed E-state index contributed by atoms with van der Waals surface area (Å²) in [5.41, 5.74) is 2.27. The van der Waals surface area contributed by atoms with Crippen molar-refractivity contribution in [2.24, 2.45) is 4.99 Å². The van der Waals surface area contributed by atoms with Crippen LogP contribution in [0.1, 0.15) is 11.1 Å². The highest BCUT2D eigenvalue weighted by molar-refractivity contribution is 7.22. The molecule has 0 aliphatic carbocycles. The SMILES string of the molecule is O=C1C(=Cc2cccc(Oc3ccccc3)c2)N=C(c2ccccc2)N1c1nc2cc(Cl)c(F)cc2s1. The van der Waals surface area contributed by atoms with E-state index in [0.29, 0.717) is 32.7 Å². The number of carbonyl (C=O) groups is 1. The molecule has 0 saturated heterocycles. The third-order valence-corrected chi connectivity index (χ3v) is 6.94. The largest absolute Gasteiger partial charge is 0.457 e. The summed E-state index contributed by atoms with van der Waals surface area (Å²) in [6.45, 7) is 0. The first-order chi connectivity index (χ1) is 18.0. The second-order valence-electron chi connectivity index (χ2n) is 8.19. The molecule has 0 N–H and O–H groups in total. The van der Waals surface area contributed by atoms with E-state index in [1.54, 1.807) is 6.08 Å². The smallest absolute Gasteiger partial charge is 0.284 e. The highest BCUT2D eigenvalue weighted by atomic mass is 35.5. The lowest BCUT2D eigenvalue weighted by molar-refractivity contribution is -0.113. The van der Waals surface area contributed by atoms with Crippen LogP contribution < -0.4 is 9.64 Å². The molecule has 4 aromatic carbocycles. The predicted molar refractivity (Wildman–Crippen MR) is 146 cm³/mol. The molecule has 0 saturated carbocycles. The number of amides is 1. The lowest BCUT2D eigenvalue weighted by atomic mass is 10.2. The number of rotatable bonds is 5. The number of aromatic nitrogens is 1. The number of carbonyl (C=O) groups excluding carboxylic acids is 1. The number of thiazole rings is 1. The van der Waals surface area contributed by atoms with Gasteiger partial charge in [0.25, 0.3) is 5.91 Å². The third-order valence-electron chi connectivity index (χ3n) is 5.64. The van der Waals surface area contributed by atoms with E-state index >= 15 is 0 Å². The number of anilines is 1. The Morgan fingerprint density at radius 1 is 0.892 bits per heavy atom. The van der Waals surface area contributed by atoms with E-state index in [1.165, 1.54) is 28.4 Å². The summed E-state index contributed by atoms with van der Waals surface area (Å²) < 4.78 is 20.6. The summed E-state index contributed by atoms with van der Waals surface area (Å²) in [7, 11) is 0. The number of nitrogens with zero attached hydrogens (tertiary/aromatic N) is 3. The van der Waals surface area contributed by atoms with Crippen molar-refractivity contribution in [2.45, 2.75) is 0 Å². The van der Waals surface area contributed by atoms with Crippen molar-refractivity contribution >= 4 is 56.1 Å². The van der Waals surface area contributed by atoms with Crippen molar-refractivity contribution in [3.05, 3.63) is 125 Å². The van der Waals surface area contributed by atoms with E-state index in [1.807, 2.05) is 84.9 Å². The van der Waals surface area contributed by atoms with Gasteiger partial charge in [0.15, 0.2) is 5.13 Å². The minimum absolute atomic E-state index is 0.0211. The molecule has 1 amide bonds. The van der Waals surface area contributed by atoms with Crippen LogP contribution in [-0.4, -0.2) is 16.7 Å². The van der Waals surface area contributed by atoms with Crippen molar-refractivity contribution in [3.8, 4) is 11.5 Å². The fraction of sp³-hybridized carbons (Fsp3) is 0. The highest BCUT2D eigenvalue weighted by Gasteiger charge is 2.34. The van der Waals surface area contributed by atoms with E-state index in [9.17, 15) is 9.18 Å². The van der Waals surface area contributed by atoms with Crippen LogP contribution in [0.4, 0.5) is 9.52 Å². The maximum Gasteiger partial charge on any atom is 0.284 e. The second kappa shape index (κ2) is 9.61. The molecule has 6 rings (SSSR count). The Morgan fingerprint density at radius 3 is 2.41 bits per heavy atom. The van der Waals surface area contributed by atoms with Gasteiger partial charge in [-0.05, 0) is 48.0 Å². The molecular formula is C29H17ClFN3O2S. The number of halogens is 2. The minimum Gasteiger partial charge on any atom is -0.457 e. The van der Waals surface area contributed by atoms with Crippen LogP contribution in [0.15, 0.2) is 108 Å². The Morgan fingerprint density at radius 2 is 1.62 bits per heavy atom. The van der Waals surface area contributed by atoms with Crippen molar-refractivity contribution in [3.63, 3.8) is 0 Å². The van der Waals surface area contributed by atoms with Crippen LogP contribution in [0.25, 0.3) is 16.3 Å². The number of aliphatic imine (C=N–C) groups is 1. The first-order valence-corrected chi connectivity index (χ1v) is 12.5. The Bertz CT molecular complexity index is 1660. The van der Waals surface area contributed by atoms with Gasteiger partial charge in [-0.1, -0.05) is 83.6 Å². The maximum atomic E-state index is 14.1. The van der Waals surface area contributed by atoms with Gasteiger partial charge >= 0.3 is 0 Å². The topological polar surface area (TPSA) is 54.8 Å². The lowest BCUT2D eigenvalue weighted by Gasteiger charge is -2.14. The summed E-state index contributed by atoms with van der Waals surface area (Å²) in [5.74, 6) is 0.928. The van der Waals surface area contributed by atoms with Crippen LogP contribution >= 0.6 is 22.9 Å². The van der Waals surface area contributed by atoms with Crippen molar-refractivity contribution in [2.75, 3.05) is 4.90 Å². The van der Waals surface area contributed by atoms with Gasteiger partial charge in [-0.2, -0.15) is 0 Å². The van der Waals surface area contributed by atoms with Gasteiger partial charge in [0.1, 0.15) is 28.8 Å². The first-order valence-electron chi connectivity index (χ1n) is 11.3. The number of hydrogen-bond acceptors (Lipinski definition) is 5. The second-order valence-corrected chi connectivity index (χ2v) is 9.61. The Labute approximate surface area is 220 Å². The highest BCUT2D eigenvalue weighted by Crippen LogP contribution is 2.36. The normalized spacial score (nSPS) is 14.4. The molecular weight excluding hydrogens is 509 g/mol. The van der Waals surface area contributed by atoms with Gasteiger partial charge in [-0.25, -0.2) is 19.3 Å². The molecule has 0 spiro atoms. The van der Waals surface area contributed by atoms with Gasteiger partial charge < -0.3 is 4.74 Å². The minimum atomic E-state index is -0.535. The zero-order chi connectivity index (χ0) is 25.4. The standard InChI is InChI=1S/C29H17ClFN3O2S/c30-22-16-24-26(17-23(22)31)37-29(33-24)34-27(19-9-3-1-4-10-19)32-25(28(34)35)15-18-8-7-13-21(14-18)36-20-11-5-2-6-12-20/h1-17H. The number of ether oxygens (including phenoxy) is 1. The van der Waals surface area contributed by atoms with E-state index in [0.717, 1.165) is 11.1 Å². The molecule has 2 heterocycles. The average Bonchev–Trinajstić information content (AvgIpc) is 3.45. The molecule has 1 aliphatic rings. The molecule has 5 nitrogen and oxygen atoms in total. The molecule has 1 aliphatic heterocycles. The van der Waals surface area contributed by atoms with E-state index in [2.05, 4.69) is 4.98 Å². The van der Waals surface area contributed by atoms with Gasteiger partial charge in [0.05, 0.1) is 15.2 Å². The van der Waals surface area contributed by atoms with Gasteiger partial charge in [0, 0.05) is 5.56 Å². The average molecular weight is 526 g/mol. The van der Waals surface area contributed by atoms with Gasteiger partial charge in [-0.15, -0.1) is 0 Å². The summed E-state index contributed by atoms with van der Waals surface area (Å²) in [6.07, 6.45) is 1.72. The number of benzene rings is 4. The van der Waals surface area contributed by atoms with Crippen molar-refractivity contribution in [1.82, 2.24) is 4.98 Å². The molecule has 1 aromatic heterocycles. The van der Waals surface area contributed by atoms with Crippen LogP contribution in [0.2, 0.25) is 5.02 Å². The zero-order valence-electron chi connectivity index (χ0n) is 19.1. The summed E-state index contributed by atoms with van der Waals surface area (Å²) in [6, 6.07) is 29.1. The van der Waals surface area contributed by atoms with E-state index in [4.69, 9.17) is 21.3 Å². The van der Waals surface area contributed by atoms with Crippen molar-refractivity contribution < 1.29 is 13.9 Å². The third kappa shape index (κ3) is 4.62. The molecule has 0 fully saturated rings. The Kier molecular flexibility index (Phi) is 6.00. The molecule has 0 unspecified atom stereocenters. The van der Waals surface area contributed by atoms with Crippen LogP contribution in [0.3, 0.4) is 0 Å². The first kappa shape index (κ1) is 23.1. The summed E-state index contributed by atoms with van der Waals surface area (Å²) >= 11 is 7.15. The summed E-state index contributed by atoms with van der Waals surface area (Å²) in [5, 5.41) is 0.362. The molecule has 0 radical (unpaired) electrons. The van der Waals surface area contributed by atoms with Crippen LogP contribution in [-0.2, 0) is 4.79 Å². The quantitative estimate of drug-likeness (QED) is 0.221. The molecule has 8 heteroatoms. The van der Waals surface area contributed by atoms with Crippen molar-refractivity contribution in [1.29, 1.82) is 0 Å². The number of fused-ring (bicyclic) bond motifs is 1. The molecule has 180 valence electrons. The van der Waals surface area contributed by atoms with E-state index < -0.39 is 5.82 Å². The molecule has 5 aromatic rings. The van der Waals surface area contributed by atoms with E-state index in [-0.39, 0.29) is 16.6 Å². The number of hydrogen-bond donors (Lipinski definition) is 0. The maximum absolute atomic E-state index is 14.1. The lowest BCUT2D eigenvalue weighted by Crippen LogP contribution is -2.32. The van der Waals surface area contributed by atoms with Gasteiger partial charge in [0.2, 0.25) is 0 Å². The van der Waals surface area contributed by atoms with Crippen LogP contribution in [0, 0.1) is 5.82 Å². The summed E-state index contributed by atoms with van der Waals surface area (Å²) in [4.78, 5) is 24.4. The van der Waals surface area contributed by atoms with Crippen LogP contribution in [0.5, 0.6) is 11.5 Å². The monoisotopic (exact) mass is 525 g/mol. The van der Waals surface area contributed by atoms with Gasteiger partial charge in [-0.3, -0.25) is 4.79 Å². The Balaban J connectivity index is 1.40. The zero-order valence-corrected chi connectivity index (χ0v) is 20.7. The fourth-order valence-electron chi connectivity index (χ4n) is 3.93. The molecule has 0 bridgehead atoms. The fourth-order valence-corrected chi connectivity index (χ4v) is 5.06. The number of amidine groups is 1. The predicted octanol–water partition coefficient (Wildman–Crippen LogP) is 7.72. The Hall–Kier alpha value is -4.33. The molecule has 0 atom stereocenters. The number of para-hydroxylation sites is 1. The molecule has 37 heavy (non-hydrogen) atoms.